The lowest BCUT2D eigenvalue weighted by Gasteiger charge is -2.00. The average molecular weight is 202 g/mol. The molecule has 0 spiro atoms. The van der Waals surface area contributed by atoms with Gasteiger partial charge in [0.2, 0.25) is 5.78 Å². The Morgan fingerprint density at radius 1 is 1.20 bits per heavy atom. The van der Waals surface area contributed by atoms with Gasteiger partial charge in [-0.05, 0) is 36.4 Å². The highest BCUT2D eigenvalue weighted by Crippen LogP contribution is 2.15. The van der Waals surface area contributed by atoms with Crippen LogP contribution in [0.1, 0.15) is 16.1 Å². The number of carbonyl (C=O) groups excluding carboxylic acids is 1. The smallest absolute Gasteiger partial charge is 0.228 e. The summed E-state index contributed by atoms with van der Waals surface area (Å²) < 4.78 is 10.0. The van der Waals surface area contributed by atoms with Gasteiger partial charge in [0.05, 0.1) is 13.4 Å². The lowest BCUT2D eigenvalue weighted by atomic mass is 10.1. The molecule has 0 saturated carbocycles. The van der Waals surface area contributed by atoms with E-state index in [1.54, 1.807) is 43.5 Å². The van der Waals surface area contributed by atoms with Gasteiger partial charge in [-0.2, -0.15) is 0 Å². The Hall–Kier alpha value is -2.03. The molecule has 15 heavy (non-hydrogen) atoms. The van der Waals surface area contributed by atoms with Crippen molar-refractivity contribution in [2.24, 2.45) is 0 Å². The van der Waals surface area contributed by atoms with Gasteiger partial charge >= 0.3 is 0 Å². The topological polar surface area (TPSA) is 39.4 Å². The van der Waals surface area contributed by atoms with E-state index in [1.807, 2.05) is 0 Å². The van der Waals surface area contributed by atoms with E-state index in [1.165, 1.54) is 6.26 Å². The number of hydrogen-bond donors (Lipinski definition) is 0. The van der Waals surface area contributed by atoms with Gasteiger partial charge in [0, 0.05) is 5.56 Å². The van der Waals surface area contributed by atoms with E-state index in [4.69, 9.17) is 9.15 Å². The number of carbonyl (C=O) groups is 1. The van der Waals surface area contributed by atoms with Crippen LogP contribution in [0, 0.1) is 0 Å². The summed E-state index contributed by atoms with van der Waals surface area (Å²) in [6.07, 6.45) is 1.48. The minimum Gasteiger partial charge on any atom is -0.497 e. The van der Waals surface area contributed by atoms with Crippen LogP contribution in [0.4, 0.5) is 0 Å². The number of hydrogen-bond acceptors (Lipinski definition) is 3. The molecule has 0 amide bonds. The summed E-state index contributed by atoms with van der Waals surface area (Å²) in [5, 5.41) is 0. The highest BCUT2D eigenvalue weighted by molar-refractivity contribution is 6.07. The first-order valence-corrected chi connectivity index (χ1v) is 4.53. The number of rotatable bonds is 3. The summed E-state index contributed by atoms with van der Waals surface area (Å²) >= 11 is 0. The van der Waals surface area contributed by atoms with Crippen molar-refractivity contribution in [1.29, 1.82) is 0 Å². The molecule has 0 atom stereocenters. The van der Waals surface area contributed by atoms with Crippen molar-refractivity contribution in [1.82, 2.24) is 0 Å². The maximum absolute atomic E-state index is 11.8. The van der Waals surface area contributed by atoms with Gasteiger partial charge in [-0.3, -0.25) is 4.79 Å². The zero-order valence-corrected chi connectivity index (χ0v) is 8.27. The molecule has 0 bridgehead atoms. The van der Waals surface area contributed by atoms with Crippen LogP contribution >= 0.6 is 0 Å². The molecule has 0 unspecified atom stereocenters. The third kappa shape index (κ3) is 1.91. The van der Waals surface area contributed by atoms with E-state index < -0.39 is 0 Å². The van der Waals surface area contributed by atoms with Crippen LogP contribution in [0.15, 0.2) is 47.1 Å². The second kappa shape index (κ2) is 4.00. The Labute approximate surface area is 87.3 Å². The molecule has 0 radical (unpaired) electrons. The largest absolute Gasteiger partial charge is 0.497 e. The van der Waals surface area contributed by atoms with Crippen LogP contribution in [-0.2, 0) is 0 Å². The number of methoxy groups -OCH3 is 1. The minimum atomic E-state index is -0.123. The van der Waals surface area contributed by atoms with Crippen molar-refractivity contribution in [3.63, 3.8) is 0 Å². The molecule has 0 aliphatic carbocycles. The predicted octanol–water partition coefficient (Wildman–Crippen LogP) is 2.52. The lowest BCUT2D eigenvalue weighted by molar-refractivity contribution is 0.101. The van der Waals surface area contributed by atoms with Crippen molar-refractivity contribution >= 4 is 5.78 Å². The summed E-state index contributed by atoms with van der Waals surface area (Å²) in [6, 6.07) is 10.3. The highest BCUT2D eigenvalue weighted by atomic mass is 16.5. The number of furan rings is 1. The van der Waals surface area contributed by atoms with Crippen molar-refractivity contribution < 1.29 is 13.9 Å². The van der Waals surface area contributed by atoms with Crippen LogP contribution in [0.2, 0.25) is 0 Å². The molecule has 0 saturated heterocycles. The number of ether oxygens (including phenoxy) is 1. The maximum Gasteiger partial charge on any atom is 0.228 e. The molecule has 3 heteroatoms. The third-order valence-electron chi connectivity index (χ3n) is 2.10. The second-order valence-electron chi connectivity index (χ2n) is 3.03. The van der Waals surface area contributed by atoms with Gasteiger partial charge < -0.3 is 9.15 Å². The zero-order chi connectivity index (χ0) is 10.7. The van der Waals surface area contributed by atoms with E-state index in [9.17, 15) is 4.79 Å². The zero-order valence-electron chi connectivity index (χ0n) is 8.27. The normalized spacial score (nSPS) is 9.93. The molecule has 1 aromatic carbocycles. The van der Waals surface area contributed by atoms with E-state index in [0.717, 1.165) is 5.75 Å². The van der Waals surface area contributed by atoms with Crippen LogP contribution in [0.25, 0.3) is 0 Å². The molecule has 0 aliphatic heterocycles. The summed E-state index contributed by atoms with van der Waals surface area (Å²) in [5.41, 5.74) is 0.589. The third-order valence-corrected chi connectivity index (χ3v) is 2.10. The Morgan fingerprint density at radius 2 is 1.93 bits per heavy atom. The lowest BCUT2D eigenvalue weighted by Crippen LogP contribution is -1.99. The van der Waals surface area contributed by atoms with Crippen molar-refractivity contribution in [2.45, 2.75) is 0 Å². The fourth-order valence-electron chi connectivity index (χ4n) is 1.29. The van der Waals surface area contributed by atoms with Gasteiger partial charge in [0.1, 0.15) is 5.75 Å². The number of ketones is 1. The summed E-state index contributed by atoms with van der Waals surface area (Å²) in [7, 11) is 1.59. The van der Waals surface area contributed by atoms with Crippen molar-refractivity contribution in [3.8, 4) is 5.75 Å². The molecule has 2 aromatic rings. The number of benzene rings is 1. The van der Waals surface area contributed by atoms with Crippen LogP contribution < -0.4 is 4.74 Å². The molecule has 3 nitrogen and oxygen atoms in total. The fraction of sp³-hybridized carbons (Fsp3) is 0.0833. The summed E-state index contributed by atoms with van der Waals surface area (Å²) in [6.45, 7) is 0. The average Bonchev–Trinajstić information content (AvgIpc) is 2.82. The first-order valence-electron chi connectivity index (χ1n) is 4.53. The van der Waals surface area contributed by atoms with Gasteiger partial charge in [-0.1, -0.05) is 0 Å². The van der Waals surface area contributed by atoms with Crippen LogP contribution in [0.3, 0.4) is 0 Å². The summed E-state index contributed by atoms with van der Waals surface area (Å²) in [4.78, 5) is 11.8. The van der Waals surface area contributed by atoms with Gasteiger partial charge in [-0.15, -0.1) is 0 Å². The van der Waals surface area contributed by atoms with Crippen LogP contribution in [-0.4, -0.2) is 12.9 Å². The molecule has 76 valence electrons. The Bertz CT molecular complexity index is 440. The molecule has 2 rings (SSSR count). The molecule has 0 fully saturated rings. The Balaban J connectivity index is 2.27. The first kappa shape index (κ1) is 9.52. The summed E-state index contributed by atoms with van der Waals surface area (Å²) in [5.74, 6) is 0.953. The maximum atomic E-state index is 11.8. The second-order valence-corrected chi connectivity index (χ2v) is 3.03. The minimum absolute atomic E-state index is 0.123. The van der Waals surface area contributed by atoms with E-state index >= 15 is 0 Å². The standard InChI is InChI=1S/C12H10O3/c1-14-10-6-4-9(5-7-10)12(13)11-3-2-8-15-11/h2-8H,1H3. The van der Waals surface area contributed by atoms with Crippen molar-refractivity contribution in [2.75, 3.05) is 7.11 Å². The first-order chi connectivity index (χ1) is 7.31. The van der Waals surface area contributed by atoms with E-state index in [-0.39, 0.29) is 5.78 Å². The molecule has 0 N–H and O–H groups in total. The van der Waals surface area contributed by atoms with E-state index in [2.05, 4.69) is 0 Å². The van der Waals surface area contributed by atoms with Crippen molar-refractivity contribution in [3.05, 3.63) is 54.0 Å². The fourth-order valence-corrected chi connectivity index (χ4v) is 1.29. The molecule has 1 heterocycles. The molecule has 0 aliphatic rings. The monoisotopic (exact) mass is 202 g/mol. The van der Waals surface area contributed by atoms with Crippen LogP contribution in [0.5, 0.6) is 5.75 Å². The quantitative estimate of drug-likeness (QED) is 0.718. The Morgan fingerprint density at radius 3 is 2.47 bits per heavy atom. The SMILES string of the molecule is COc1ccc(C(=O)c2ccco2)cc1. The molecular weight excluding hydrogens is 192 g/mol. The molecular formula is C12H10O3. The van der Waals surface area contributed by atoms with Gasteiger partial charge in [0.25, 0.3) is 0 Å². The van der Waals surface area contributed by atoms with Gasteiger partial charge in [-0.25, -0.2) is 0 Å². The Kier molecular flexibility index (Phi) is 2.54. The predicted molar refractivity (Wildman–Crippen MR) is 55.1 cm³/mol. The van der Waals surface area contributed by atoms with E-state index in [0.29, 0.717) is 11.3 Å². The van der Waals surface area contributed by atoms with Gasteiger partial charge in [0.15, 0.2) is 5.76 Å². The highest BCUT2D eigenvalue weighted by Gasteiger charge is 2.10. The molecule has 1 aromatic heterocycles.